The number of benzene rings is 1. The summed E-state index contributed by atoms with van der Waals surface area (Å²) in [5.74, 6) is 0.209. The number of anilines is 2. The van der Waals surface area contributed by atoms with Crippen LogP contribution in [0, 0.1) is 5.92 Å². The molecule has 7 rings (SSSR count). The van der Waals surface area contributed by atoms with E-state index >= 15 is 0 Å². The van der Waals surface area contributed by atoms with Crippen molar-refractivity contribution in [3.8, 4) is 22.6 Å². The van der Waals surface area contributed by atoms with E-state index in [1.165, 1.54) is 30.3 Å². The first-order valence-corrected chi connectivity index (χ1v) is 12.7. The van der Waals surface area contributed by atoms with Gasteiger partial charge in [0.05, 0.1) is 28.8 Å². The maximum atomic E-state index is 12.2. The van der Waals surface area contributed by atoms with Gasteiger partial charge in [-0.1, -0.05) is 6.07 Å². The number of hydrogen-bond donors (Lipinski definition) is 3. The molecule has 2 aliphatic rings. The van der Waals surface area contributed by atoms with Crippen LogP contribution in [0.5, 0.6) is 0 Å². The summed E-state index contributed by atoms with van der Waals surface area (Å²) in [7, 11) is 0. The first-order chi connectivity index (χ1) is 17.7. The number of carbonyl (C=O) groups is 1. The van der Waals surface area contributed by atoms with Gasteiger partial charge in [0.1, 0.15) is 11.2 Å². The van der Waals surface area contributed by atoms with Crippen molar-refractivity contribution in [1.29, 1.82) is 0 Å². The van der Waals surface area contributed by atoms with E-state index in [9.17, 15) is 4.79 Å². The molecule has 1 saturated heterocycles. The smallest absolute Gasteiger partial charge is 0.227 e. The molecule has 4 aromatic heterocycles. The highest BCUT2D eigenvalue weighted by molar-refractivity contribution is 5.99. The fourth-order valence-electron chi connectivity index (χ4n) is 5.16. The van der Waals surface area contributed by atoms with Gasteiger partial charge in [-0.2, -0.15) is 5.10 Å². The van der Waals surface area contributed by atoms with Crippen molar-refractivity contribution in [3.05, 3.63) is 54.9 Å². The topological polar surface area (TPSA) is 103 Å². The average molecular weight is 478 g/mol. The van der Waals surface area contributed by atoms with E-state index in [2.05, 4.69) is 54.6 Å². The first kappa shape index (κ1) is 21.1. The second kappa shape index (κ2) is 8.48. The third kappa shape index (κ3) is 3.79. The molecule has 2 fully saturated rings. The fraction of sp³-hybridized carbons (Fsp3) is 0.286. The van der Waals surface area contributed by atoms with Gasteiger partial charge in [-0.25, -0.2) is 4.98 Å². The predicted molar refractivity (Wildman–Crippen MR) is 142 cm³/mol. The molecule has 0 bridgehead atoms. The minimum atomic E-state index is 0.0669. The number of nitrogens with one attached hydrogen (secondary N) is 3. The van der Waals surface area contributed by atoms with Crippen molar-refractivity contribution in [2.75, 3.05) is 23.3 Å². The Balaban J connectivity index is 1.25. The van der Waals surface area contributed by atoms with E-state index in [0.29, 0.717) is 5.69 Å². The Morgan fingerprint density at radius 3 is 2.75 bits per heavy atom. The van der Waals surface area contributed by atoms with Gasteiger partial charge in [0.15, 0.2) is 0 Å². The Hall–Kier alpha value is -4.20. The molecule has 0 unspecified atom stereocenters. The number of aromatic amines is 2. The lowest BCUT2D eigenvalue weighted by molar-refractivity contribution is -0.117. The van der Waals surface area contributed by atoms with E-state index < -0.39 is 0 Å². The number of H-pyrrole nitrogens is 2. The molecule has 1 saturated carbocycles. The zero-order chi connectivity index (χ0) is 24.1. The second-order valence-corrected chi connectivity index (χ2v) is 9.86. The summed E-state index contributed by atoms with van der Waals surface area (Å²) >= 11 is 0. The zero-order valence-corrected chi connectivity index (χ0v) is 19.9. The van der Waals surface area contributed by atoms with Crippen LogP contribution < -0.4 is 10.2 Å². The summed E-state index contributed by atoms with van der Waals surface area (Å²) in [5, 5.41) is 11.9. The third-order valence-corrected chi connectivity index (χ3v) is 7.25. The van der Waals surface area contributed by atoms with Gasteiger partial charge in [-0.3, -0.25) is 14.9 Å². The van der Waals surface area contributed by atoms with Gasteiger partial charge in [-0.15, -0.1) is 0 Å². The normalized spacial score (nSPS) is 16.1. The number of aromatic nitrogens is 5. The summed E-state index contributed by atoms with van der Waals surface area (Å²) in [4.78, 5) is 27.5. The first-order valence-electron chi connectivity index (χ1n) is 12.7. The van der Waals surface area contributed by atoms with Crippen molar-refractivity contribution in [3.63, 3.8) is 0 Å². The summed E-state index contributed by atoms with van der Waals surface area (Å²) < 4.78 is 0. The number of piperidine rings is 1. The van der Waals surface area contributed by atoms with E-state index in [0.717, 1.165) is 65.1 Å². The van der Waals surface area contributed by atoms with E-state index in [4.69, 9.17) is 4.98 Å². The molecule has 0 spiro atoms. The molecule has 5 heterocycles. The highest BCUT2D eigenvalue weighted by Gasteiger charge is 2.29. The standard InChI is InChI=1S/C28H27N7O/c36-28(17-7-8-17)30-19-13-18(15-29-16-19)21-9-10-23-26(32-21)27(34-33-23)24-14-20-22(31-24)5-4-6-25(20)35-11-2-1-3-12-35/h4-6,9-10,13-17,31H,1-3,7-8,11-12H2,(H,30,36)(H,33,34). The van der Waals surface area contributed by atoms with Gasteiger partial charge in [0, 0.05) is 47.4 Å². The molecule has 3 N–H and O–H groups in total. The van der Waals surface area contributed by atoms with Gasteiger partial charge in [-0.05, 0) is 68.5 Å². The SMILES string of the molecule is O=C(Nc1cncc(-c2ccc3[nH]nc(-c4cc5c(N6CCCCC6)cccc5[nH]4)c3n2)c1)C1CC1. The summed E-state index contributed by atoms with van der Waals surface area (Å²) in [6.07, 6.45) is 9.17. The van der Waals surface area contributed by atoms with Crippen LogP contribution in [0.15, 0.2) is 54.9 Å². The van der Waals surface area contributed by atoms with Crippen LogP contribution in [0.25, 0.3) is 44.6 Å². The Labute approximate surface area is 208 Å². The zero-order valence-electron chi connectivity index (χ0n) is 19.9. The molecule has 1 amide bonds. The molecule has 1 aliphatic carbocycles. The number of amides is 1. The molecule has 0 radical (unpaired) electrons. The van der Waals surface area contributed by atoms with Crippen LogP contribution >= 0.6 is 0 Å². The molecular weight excluding hydrogens is 450 g/mol. The van der Waals surface area contributed by atoms with E-state index in [-0.39, 0.29) is 11.8 Å². The molecular formula is C28H27N7O. The number of carbonyl (C=O) groups excluding carboxylic acids is 1. The van der Waals surface area contributed by atoms with Crippen LogP contribution in [0.1, 0.15) is 32.1 Å². The minimum Gasteiger partial charge on any atom is -0.371 e. The van der Waals surface area contributed by atoms with Crippen molar-refractivity contribution in [2.45, 2.75) is 32.1 Å². The highest BCUT2D eigenvalue weighted by Crippen LogP contribution is 2.35. The quantitative estimate of drug-likeness (QED) is 0.310. The molecule has 8 nitrogen and oxygen atoms in total. The van der Waals surface area contributed by atoms with Crippen LogP contribution in [0.4, 0.5) is 11.4 Å². The van der Waals surface area contributed by atoms with E-state index in [1.54, 1.807) is 12.4 Å². The Bertz CT molecular complexity index is 1590. The van der Waals surface area contributed by atoms with Gasteiger partial charge in [0.2, 0.25) is 5.91 Å². The van der Waals surface area contributed by atoms with Crippen LogP contribution in [0.2, 0.25) is 0 Å². The molecule has 5 aromatic rings. The van der Waals surface area contributed by atoms with Gasteiger partial charge >= 0.3 is 0 Å². The number of nitrogens with zero attached hydrogens (tertiary/aromatic N) is 4. The predicted octanol–water partition coefficient (Wildman–Crippen LogP) is 5.51. The number of pyridine rings is 2. The van der Waals surface area contributed by atoms with Crippen molar-refractivity contribution >= 4 is 39.2 Å². The van der Waals surface area contributed by atoms with Gasteiger partial charge < -0.3 is 15.2 Å². The molecule has 1 aromatic carbocycles. The van der Waals surface area contributed by atoms with Crippen molar-refractivity contribution < 1.29 is 4.79 Å². The lowest BCUT2D eigenvalue weighted by Gasteiger charge is -2.29. The molecule has 0 atom stereocenters. The lowest BCUT2D eigenvalue weighted by atomic mass is 10.1. The van der Waals surface area contributed by atoms with Crippen LogP contribution in [0.3, 0.4) is 0 Å². The maximum absolute atomic E-state index is 12.2. The average Bonchev–Trinajstić information content (AvgIpc) is 3.55. The molecule has 1 aliphatic heterocycles. The summed E-state index contributed by atoms with van der Waals surface area (Å²) in [5.41, 5.74) is 8.10. The Kier molecular flexibility index (Phi) is 4.97. The number of hydrogen-bond acceptors (Lipinski definition) is 5. The monoisotopic (exact) mass is 477 g/mol. The van der Waals surface area contributed by atoms with Crippen LogP contribution in [-0.2, 0) is 4.79 Å². The lowest BCUT2D eigenvalue weighted by Crippen LogP contribution is -2.29. The molecule has 36 heavy (non-hydrogen) atoms. The maximum Gasteiger partial charge on any atom is 0.227 e. The largest absolute Gasteiger partial charge is 0.371 e. The van der Waals surface area contributed by atoms with Crippen LogP contribution in [-0.4, -0.2) is 44.1 Å². The van der Waals surface area contributed by atoms with Crippen molar-refractivity contribution in [1.82, 2.24) is 25.1 Å². The second-order valence-electron chi connectivity index (χ2n) is 9.86. The Morgan fingerprint density at radius 1 is 1.00 bits per heavy atom. The molecule has 8 heteroatoms. The summed E-state index contributed by atoms with van der Waals surface area (Å²) in [6.45, 7) is 2.20. The third-order valence-electron chi connectivity index (χ3n) is 7.25. The minimum absolute atomic E-state index is 0.0669. The van der Waals surface area contributed by atoms with Gasteiger partial charge in [0.25, 0.3) is 0 Å². The highest BCUT2D eigenvalue weighted by atomic mass is 16.2. The fourth-order valence-corrected chi connectivity index (χ4v) is 5.16. The number of rotatable bonds is 5. The molecule has 180 valence electrons. The number of fused-ring (bicyclic) bond motifs is 2. The van der Waals surface area contributed by atoms with E-state index in [1.807, 2.05) is 18.2 Å². The Morgan fingerprint density at radius 2 is 1.89 bits per heavy atom. The van der Waals surface area contributed by atoms with Crippen molar-refractivity contribution in [2.24, 2.45) is 5.92 Å². The summed E-state index contributed by atoms with van der Waals surface area (Å²) in [6, 6.07) is 14.5.